The van der Waals surface area contributed by atoms with Gasteiger partial charge in [0.05, 0.1) is 6.10 Å². The Balaban J connectivity index is 2.17. The van der Waals surface area contributed by atoms with Crippen molar-refractivity contribution in [1.29, 1.82) is 0 Å². The molecule has 1 aromatic carbocycles. The van der Waals surface area contributed by atoms with Gasteiger partial charge in [-0.2, -0.15) is 0 Å². The molecule has 0 aliphatic carbocycles. The second-order valence-electron chi connectivity index (χ2n) is 6.23. The van der Waals surface area contributed by atoms with Gasteiger partial charge in [0.25, 0.3) is 0 Å². The van der Waals surface area contributed by atoms with Crippen molar-refractivity contribution >= 4 is 0 Å². The van der Waals surface area contributed by atoms with Crippen LogP contribution in [0.25, 0.3) is 0 Å². The third-order valence-corrected chi connectivity index (χ3v) is 3.78. The van der Waals surface area contributed by atoms with Crippen LogP contribution in [0.2, 0.25) is 0 Å². The molecule has 0 saturated heterocycles. The Morgan fingerprint density at radius 1 is 1.43 bits per heavy atom. The van der Waals surface area contributed by atoms with Crippen LogP contribution < -0.4 is 14.8 Å². The van der Waals surface area contributed by atoms with Crippen LogP contribution in [0.4, 0.5) is 0 Å². The fourth-order valence-corrected chi connectivity index (χ4v) is 2.63. The SMILES string of the molecule is CCNC1CC(C)(C)Oc2cc(OCC(C)OC)ccc21. The van der Waals surface area contributed by atoms with Crippen LogP contribution in [-0.2, 0) is 4.74 Å². The number of hydrogen-bond donors (Lipinski definition) is 1. The second-order valence-corrected chi connectivity index (χ2v) is 6.23. The predicted molar refractivity (Wildman–Crippen MR) is 84.1 cm³/mol. The molecule has 1 aromatic rings. The Hall–Kier alpha value is -1.26. The summed E-state index contributed by atoms with van der Waals surface area (Å²) >= 11 is 0. The molecule has 0 aromatic heterocycles. The first-order valence-corrected chi connectivity index (χ1v) is 7.67. The molecule has 1 aliphatic heterocycles. The molecule has 0 saturated carbocycles. The van der Waals surface area contributed by atoms with Gasteiger partial charge in [-0.1, -0.05) is 13.0 Å². The lowest BCUT2D eigenvalue weighted by Gasteiger charge is -2.38. The fourth-order valence-electron chi connectivity index (χ4n) is 2.63. The molecule has 0 radical (unpaired) electrons. The van der Waals surface area contributed by atoms with Gasteiger partial charge in [-0.15, -0.1) is 0 Å². The standard InChI is InChI=1S/C17H27NO3/c1-6-18-15-10-17(3,4)21-16-9-13(7-8-14(15)16)20-11-12(2)19-5/h7-9,12,15,18H,6,10-11H2,1-5H3. The zero-order chi connectivity index (χ0) is 15.5. The van der Waals surface area contributed by atoms with E-state index >= 15 is 0 Å². The molecule has 21 heavy (non-hydrogen) atoms. The first kappa shape index (κ1) is 16.1. The van der Waals surface area contributed by atoms with Crippen molar-refractivity contribution in [2.45, 2.75) is 51.9 Å². The molecule has 2 unspecified atom stereocenters. The Morgan fingerprint density at radius 2 is 2.19 bits per heavy atom. The summed E-state index contributed by atoms with van der Waals surface area (Å²) in [5, 5.41) is 3.53. The second kappa shape index (κ2) is 6.67. The minimum Gasteiger partial charge on any atom is -0.491 e. The van der Waals surface area contributed by atoms with Crippen molar-refractivity contribution in [3.05, 3.63) is 23.8 Å². The van der Waals surface area contributed by atoms with Crippen molar-refractivity contribution < 1.29 is 14.2 Å². The number of rotatable bonds is 6. The molecule has 0 bridgehead atoms. The molecule has 1 aliphatic rings. The molecule has 0 fully saturated rings. The third kappa shape index (κ3) is 4.11. The highest BCUT2D eigenvalue weighted by Crippen LogP contribution is 2.41. The van der Waals surface area contributed by atoms with E-state index in [1.165, 1.54) is 5.56 Å². The predicted octanol–water partition coefficient (Wildman–Crippen LogP) is 3.31. The minimum atomic E-state index is -0.168. The number of hydrogen-bond acceptors (Lipinski definition) is 4. The first-order valence-electron chi connectivity index (χ1n) is 7.67. The molecule has 0 spiro atoms. The average Bonchev–Trinajstić information content (AvgIpc) is 2.43. The summed E-state index contributed by atoms with van der Waals surface area (Å²) in [6.07, 6.45) is 1.04. The molecule has 1 N–H and O–H groups in total. The maximum Gasteiger partial charge on any atom is 0.128 e. The zero-order valence-corrected chi connectivity index (χ0v) is 13.7. The summed E-state index contributed by atoms with van der Waals surface area (Å²) < 4.78 is 17.1. The Bertz CT molecular complexity index is 473. The van der Waals surface area contributed by atoms with E-state index in [4.69, 9.17) is 14.2 Å². The van der Waals surface area contributed by atoms with Gasteiger partial charge in [0.1, 0.15) is 23.7 Å². The van der Waals surface area contributed by atoms with Gasteiger partial charge in [0, 0.05) is 31.2 Å². The summed E-state index contributed by atoms with van der Waals surface area (Å²) in [5.41, 5.74) is 1.04. The normalized spacial score (nSPS) is 21.3. The van der Waals surface area contributed by atoms with Crippen LogP contribution in [0.3, 0.4) is 0 Å². The molecule has 2 atom stereocenters. The van der Waals surface area contributed by atoms with Crippen molar-refractivity contribution in [3.8, 4) is 11.5 Å². The lowest BCUT2D eigenvalue weighted by atomic mass is 9.89. The maximum absolute atomic E-state index is 6.12. The van der Waals surface area contributed by atoms with E-state index in [1.807, 2.05) is 19.1 Å². The maximum atomic E-state index is 6.12. The molecule has 118 valence electrons. The van der Waals surface area contributed by atoms with E-state index < -0.39 is 0 Å². The number of nitrogens with one attached hydrogen (secondary N) is 1. The summed E-state index contributed by atoms with van der Waals surface area (Å²) in [5.74, 6) is 1.74. The highest BCUT2D eigenvalue weighted by molar-refractivity contribution is 5.44. The van der Waals surface area contributed by atoms with Crippen molar-refractivity contribution in [3.63, 3.8) is 0 Å². The smallest absolute Gasteiger partial charge is 0.128 e. The topological polar surface area (TPSA) is 39.7 Å². The Kier molecular flexibility index (Phi) is 5.12. The minimum absolute atomic E-state index is 0.0768. The van der Waals surface area contributed by atoms with Crippen LogP contribution in [-0.4, -0.2) is 32.0 Å². The van der Waals surface area contributed by atoms with E-state index in [2.05, 4.69) is 32.2 Å². The van der Waals surface area contributed by atoms with Gasteiger partial charge in [-0.3, -0.25) is 0 Å². The van der Waals surface area contributed by atoms with Crippen LogP contribution >= 0.6 is 0 Å². The molecular weight excluding hydrogens is 266 g/mol. The number of ether oxygens (including phenoxy) is 3. The molecule has 4 heteroatoms. The van der Waals surface area contributed by atoms with Crippen molar-refractivity contribution in [1.82, 2.24) is 5.32 Å². The number of fused-ring (bicyclic) bond motifs is 1. The quantitative estimate of drug-likeness (QED) is 0.873. The van der Waals surface area contributed by atoms with Crippen LogP contribution in [0.1, 0.15) is 45.7 Å². The van der Waals surface area contributed by atoms with E-state index in [-0.39, 0.29) is 11.7 Å². The van der Waals surface area contributed by atoms with E-state index in [1.54, 1.807) is 7.11 Å². The van der Waals surface area contributed by atoms with Crippen molar-refractivity contribution in [2.75, 3.05) is 20.3 Å². The Morgan fingerprint density at radius 3 is 2.86 bits per heavy atom. The summed E-state index contributed by atoms with van der Waals surface area (Å²) in [6.45, 7) is 9.85. The van der Waals surface area contributed by atoms with E-state index in [9.17, 15) is 0 Å². The zero-order valence-electron chi connectivity index (χ0n) is 13.7. The van der Waals surface area contributed by atoms with Crippen LogP contribution in [0.15, 0.2) is 18.2 Å². The lowest BCUT2D eigenvalue weighted by Crippen LogP contribution is -2.39. The third-order valence-electron chi connectivity index (χ3n) is 3.78. The largest absolute Gasteiger partial charge is 0.491 e. The van der Waals surface area contributed by atoms with E-state index in [0.717, 1.165) is 24.5 Å². The number of methoxy groups -OCH3 is 1. The van der Waals surface area contributed by atoms with Crippen LogP contribution in [0.5, 0.6) is 11.5 Å². The lowest BCUT2D eigenvalue weighted by molar-refractivity contribution is 0.0628. The molecule has 1 heterocycles. The van der Waals surface area contributed by atoms with E-state index in [0.29, 0.717) is 12.6 Å². The Labute approximate surface area is 127 Å². The van der Waals surface area contributed by atoms with Gasteiger partial charge in [-0.05, 0) is 33.4 Å². The fraction of sp³-hybridized carbons (Fsp3) is 0.647. The number of benzene rings is 1. The van der Waals surface area contributed by atoms with Gasteiger partial charge in [0.15, 0.2) is 0 Å². The van der Waals surface area contributed by atoms with Crippen molar-refractivity contribution in [2.24, 2.45) is 0 Å². The molecule has 2 rings (SSSR count). The van der Waals surface area contributed by atoms with Gasteiger partial charge in [0.2, 0.25) is 0 Å². The van der Waals surface area contributed by atoms with Gasteiger partial charge < -0.3 is 19.5 Å². The van der Waals surface area contributed by atoms with Gasteiger partial charge >= 0.3 is 0 Å². The molecule has 4 nitrogen and oxygen atoms in total. The van der Waals surface area contributed by atoms with Crippen LogP contribution in [0, 0.1) is 0 Å². The highest BCUT2D eigenvalue weighted by atomic mass is 16.5. The van der Waals surface area contributed by atoms with Gasteiger partial charge in [-0.25, -0.2) is 0 Å². The summed E-state index contributed by atoms with van der Waals surface area (Å²) in [7, 11) is 1.69. The summed E-state index contributed by atoms with van der Waals surface area (Å²) in [6, 6.07) is 6.43. The summed E-state index contributed by atoms with van der Waals surface area (Å²) in [4.78, 5) is 0. The molecule has 0 amide bonds. The first-order chi connectivity index (χ1) is 9.95. The monoisotopic (exact) mass is 293 g/mol. The average molecular weight is 293 g/mol. The molecular formula is C17H27NO3. The highest BCUT2D eigenvalue weighted by Gasteiger charge is 2.33.